The van der Waals surface area contributed by atoms with E-state index in [2.05, 4.69) is 11.6 Å². The van der Waals surface area contributed by atoms with Crippen LogP contribution in [0.3, 0.4) is 0 Å². The molecule has 0 aromatic heterocycles. The first kappa shape index (κ1) is 16.3. The zero-order valence-corrected chi connectivity index (χ0v) is 12.9. The lowest BCUT2D eigenvalue weighted by Crippen LogP contribution is -2.58. The Bertz CT molecular complexity index is 297. The number of rotatable bonds is 9. The van der Waals surface area contributed by atoms with Gasteiger partial charge in [-0.15, -0.1) is 0 Å². The molecule has 1 atom stereocenters. The van der Waals surface area contributed by atoms with Crippen molar-refractivity contribution in [3.05, 3.63) is 0 Å². The molecule has 1 heterocycles. The number of piperazine rings is 1. The van der Waals surface area contributed by atoms with Crippen molar-refractivity contribution in [2.24, 2.45) is 0 Å². The van der Waals surface area contributed by atoms with Crippen LogP contribution in [-0.4, -0.2) is 47.9 Å². The summed E-state index contributed by atoms with van der Waals surface area (Å²) in [4.78, 5) is 25.4. The molecule has 1 N–H and O–H groups in total. The maximum absolute atomic E-state index is 12.1. The number of hydrogen-bond acceptors (Lipinski definition) is 3. The first-order chi connectivity index (χ1) is 9.19. The van der Waals surface area contributed by atoms with Crippen molar-refractivity contribution in [2.75, 3.05) is 25.1 Å². The second-order valence-electron chi connectivity index (χ2n) is 5.08. The van der Waals surface area contributed by atoms with Crippen LogP contribution in [0.4, 0.5) is 0 Å². The predicted molar refractivity (Wildman–Crippen MR) is 80.3 cm³/mol. The molecule has 1 aliphatic heterocycles. The molecule has 5 heteroatoms. The maximum Gasteiger partial charge on any atom is 0.245 e. The van der Waals surface area contributed by atoms with Gasteiger partial charge in [0, 0.05) is 6.54 Å². The van der Waals surface area contributed by atoms with Crippen LogP contribution in [0.5, 0.6) is 0 Å². The number of carbonyl (C=O) groups excluding carboxylic acids is 2. The topological polar surface area (TPSA) is 49.4 Å². The zero-order chi connectivity index (χ0) is 14.1. The summed E-state index contributed by atoms with van der Waals surface area (Å²) in [5, 5.41) is 2.78. The number of carbonyl (C=O) groups is 2. The highest BCUT2D eigenvalue weighted by Crippen LogP contribution is 2.10. The minimum Gasteiger partial charge on any atom is -0.343 e. The molecule has 2 amide bonds. The number of hydrogen-bond donors (Lipinski definition) is 1. The molecule has 0 aliphatic carbocycles. The van der Waals surface area contributed by atoms with E-state index >= 15 is 0 Å². The molecule has 1 rings (SSSR count). The summed E-state index contributed by atoms with van der Waals surface area (Å²) < 4.78 is 0. The number of amides is 2. The Morgan fingerprint density at radius 3 is 2.68 bits per heavy atom. The SMILES string of the molecule is CCCC1NC(=O)CN(CCCCCCSC)C1=O. The number of thioether (sulfide) groups is 1. The number of unbranched alkanes of at least 4 members (excludes halogenated alkanes) is 3. The van der Waals surface area contributed by atoms with E-state index in [9.17, 15) is 9.59 Å². The third kappa shape index (κ3) is 5.85. The molecule has 0 aromatic rings. The normalized spacial score (nSPS) is 19.7. The fraction of sp³-hybridized carbons (Fsp3) is 0.857. The summed E-state index contributed by atoms with van der Waals surface area (Å²) in [5.41, 5.74) is 0. The predicted octanol–water partition coefficient (Wildman–Crippen LogP) is 2.04. The maximum atomic E-state index is 12.1. The molecule has 4 nitrogen and oxygen atoms in total. The smallest absolute Gasteiger partial charge is 0.245 e. The highest BCUT2D eigenvalue weighted by Gasteiger charge is 2.31. The van der Waals surface area contributed by atoms with Gasteiger partial charge in [0.2, 0.25) is 11.8 Å². The van der Waals surface area contributed by atoms with Gasteiger partial charge in [-0.3, -0.25) is 9.59 Å². The van der Waals surface area contributed by atoms with Gasteiger partial charge in [0.05, 0.1) is 6.54 Å². The molecule has 19 heavy (non-hydrogen) atoms. The molecular formula is C14H26N2O2S. The van der Waals surface area contributed by atoms with E-state index in [0.29, 0.717) is 0 Å². The van der Waals surface area contributed by atoms with E-state index in [1.165, 1.54) is 18.6 Å². The number of nitrogens with one attached hydrogen (secondary N) is 1. The summed E-state index contributed by atoms with van der Waals surface area (Å²) in [6.07, 6.45) is 8.39. The van der Waals surface area contributed by atoms with Crippen LogP contribution in [-0.2, 0) is 9.59 Å². The Morgan fingerprint density at radius 1 is 1.26 bits per heavy atom. The van der Waals surface area contributed by atoms with Gasteiger partial charge in [-0.25, -0.2) is 0 Å². The average molecular weight is 286 g/mol. The van der Waals surface area contributed by atoms with Crippen LogP contribution in [0.1, 0.15) is 45.4 Å². The fourth-order valence-electron chi connectivity index (χ4n) is 2.35. The van der Waals surface area contributed by atoms with Crippen molar-refractivity contribution < 1.29 is 9.59 Å². The average Bonchev–Trinajstić information content (AvgIpc) is 2.39. The highest BCUT2D eigenvalue weighted by molar-refractivity contribution is 7.98. The molecular weight excluding hydrogens is 260 g/mol. The summed E-state index contributed by atoms with van der Waals surface area (Å²) in [6.45, 7) is 3.00. The van der Waals surface area contributed by atoms with Crippen molar-refractivity contribution in [1.82, 2.24) is 10.2 Å². The summed E-state index contributed by atoms with van der Waals surface area (Å²) in [6, 6.07) is -0.289. The Kier molecular flexibility index (Phi) is 7.94. The van der Waals surface area contributed by atoms with E-state index in [1.807, 2.05) is 18.7 Å². The van der Waals surface area contributed by atoms with E-state index < -0.39 is 0 Å². The Balaban J connectivity index is 2.27. The largest absolute Gasteiger partial charge is 0.343 e. The van der Waals surface area contributed by atoms with Gasteiger partial charge in [0.25, 0.3) is 0 Å². The van der Waals surface area contributed by atoms with Gasteiger partial charge in [0.1, 0.15) is 6.04 Å². The first-order valence-corrected chi connectivity index (χ1v) is 8.65. The first-order valence-electron chi connectivity index (χ1n) is 7.26. The lowest BCUT2D eigenvalue weighted by atomic mass is 10.1. The summed E-state index contributed by atoms with van der Waals surface area (Å²) in [7, 11) is 0. The van der Waals surface area contributed by atoms with Crippen molar-refractivity contribution in [3.63, 3.8) is 0 Å². The zero-order valence-electron chi connectivity index (χ0n) is 12.1. The summed E-state index contributed by atoms with van der Waals surface area (Å²) in [5.74, 6) is 1.30. The van der Waals surface area contributed by atoms with Crippen LogP contribution in [0.25, 0.3) is 0 Å². The third-order valence-electron chi connectivity index (χ3n) is 3.38. The van der Waals surface area contributed by atoms with Crippen LogP contribution < -0.4 is 5.32 Å². The van der Waals surface area contributed by atoms with E-state index in [4.69, 9.17) is 0 Å². The highest BCUT2D eigenvalue weighted by atomic mass is 32.2. The third-order valence-corrected chi connectivity index (χ3v) is 4.08. The number of nitrogens with zero attached hydrogens (tertiary/aromatic N) is 1. The lowest BCUT2D eigenvalue weighted by Gasteiger charge is -2.32. The molecule has 110 valence electrons. The second kappa shape index (κ2) is 9.23. The Morgan fingerprint density at radius 2 is 2.00 bits per heavy atom. The quantitative estimate of drug-likeness (QED) is 0.660. The molecule has 1 unspecified atom stereocenters. The van der Waals surface area contributed by atoms with Gasteiger partial charge in [-0.2, -0.15) is 11.8 Å². The lowest BCUT2D eigenvalue weighted by molar-refractivity contribution is -0.144. The standard InChI is InChI=1S/C14H26N2O2S/c1-3-8-12-14(18)16(11-13(17)15-12)9-6-4-5-7-10-19-2/h12H,3-11H2,1-2H3,(H,15,17). The molecule has 0 aromatic carbocycles. The van der Waals surface area contributed by atoms with Gasteiger partial charge in [-0.05, 0) is 31.3 Å². The minimum absolute atomic E-state index is 0.0135. The fourth-order valence-corrected chi connectivity index (χ4v) is 2.84. The van der Waals surface area contributed by atoms with E-state index in [0.717, 1.165) is 32.2 Å². The van der Waals surface area contributed by atoms with Crippen LogP contribution in [0.2, 0.25) is 0 Å². The molecule has 0 bridgehead atoms. The van der Waals surface area contributed by atoms with E-state index in [1.54, 1.807) is 4.90 Å². The van der Waals surface area contributed by atoms with Gasteiger partial charge in [0.15, 0.2) is 0 Å². The molecule has 1 aliphatic rings. The van der Waals surface area contributed by atoms with Crippen molar-refractivity contribution in [2.45, 2.75) is 51.5 Å². The molecule has 1 saturated heterocycles. The van der Waals surface area contributed by atoms with Crippen LogP contribution in [0.15, 0.2) is 0 Å². The molecule has 0 saturated carbocycles. The molecule has 0 spiro atoms. The monoisotopic (exact) mass is 286 g/mol. The second-order valence-corrected chi connectivity index (χ2v) is 6.06. The van der Waals surface area contributed by atoms with E-state index in [-0.39, 0.29) is 24.4 Å². The minimum atomic E-state index is -0.289. The van der Waals surface area contributed by atoms with Gasteiger partial charge in [-0.1, -0.05) is 26.2 Å². The Hall–Kier alpha value is -0.710. The van der Waals surface area contributed by atoms with Crippen LogP contribution >= 0.6 is 11.8 Å². The van der Waals surface area contributed by atoms with Crippen molar-refractivity contribution in [3.8, 4) is 0 Å². The molecule has 0 radical (unpaired) electrons. The van der Waals surface area contributed by atoms with Gasteiger partial charge >= 0.3 is 0 Å². The molecule has 1 fully saturated rings. The van der Waals surface area contributed by atoms with Crippen LogP contribution in [0, 0.1) is 0 Å². The van der Waals surface area contributed by atoms with Crippen molar-refractivity contribution >= 4 is 23.6 Å². The Labute approximate surface area is 120 Å². The van der Waals surface area contributed by atoms with Gasteiger partial charge < -0.3 is 10.2 Å². The summed E-state index contributed by atoms with van der Waals surface area (Å²) >= 11 is 1.88. The van der Waals surface area contributed by atoms with Crippen molar-refractivity contribution in [1.29, 1.82) is 0 Å².